The van der Waals surface area contributed by atoms with E-state index in [0.29, 0.717) is 46.9 Å². The number of rotatable bonds is 9. The summed E-state index contributed by atoms with van der Waals surface area (Å²) in [7, 11) is 6.88. The summed E-state index contributed by atoms with van der Waals surface area (Å²) in [6.07, 6.45) is 1.80. The van der Waals surface area contributed by atoms with E-state index in [1.165, 1.54) is 18.6 Å². The van der Waals surface area contributed by atoms with Crippen molar-refractivity contribution in [2.45, 2.75) is 44.9 Å². The minimum absolute atomic E-state index is 0.0198. The second-order valence-corrected chi connectivity index (χ2v) is 14.9. The Kier molecular flexibility index (Phi) is 10.1. The zero-order valence-electron chi connectivity index (χ0n) is 31.0. The molecule has 0 bridgehead atoms. The standard InChI is InChI=1S/C40H41F3N6O4S/c1-8-33(50)48-18-21(2)49-30(22(48)3)17-29(45-49)38-36(34-27(42)15-26(41)16-32(34)53-12-11-52-7)35-28(43)20-54-39(35)37(44-38)24-10-9-23-14-31(40(51)46(4)5)47(6)19-25(23)13-24/h8-10,13,15-17,20-22,31H,1,11-12,14,18-19H2,2-7H3/t21-,22+,31+/m0/s1. The summed E-state index contributed by atoms with van der Waals surface area (Å²) >= 11 is 1.13. The number of aromatic nitrogens is 3. The van der Waals surface area contributed by atoms with Crippen molar-refractivity contribution < 1.29 is 32.2 Å². The molecule has 7 rings (SSSR count). The number of thiophene rings is 1. The Balaban J connectivity index is 1.48. The molecule has 0 saturated heterocycles. The number of amides is 2. The van der Waals surface area contributed by atoms with Crippen LogP contribution in [0.2, 0.25) is 0 Å². The number of carbonyl (C=O) groups excluding carboxylic acids is 2. The molecule has 14 heteroatoms. The van der Waals surface area contributed by atoms with Gasteiger partial charge >= 0.3 is 0 Å². The minimum Gasteiger partial charge on any atom is -0.490 e. The fourth-order valence-electron chi connectivity index (χ4n) is 7.55. The van der Waals surface area contributed by atoms with Gasteiger partial charge < -0.3 is 19.3 Å². The Bertz CT molecular complexity index is 2300. The van der Waals surface area contributed by atoms with Crippen molar-refractivity contribution in [3.63, 3.8) is 0 Å². The number of ether oxygens (including phenoxy) is 2. The fourth-order valence-corrected chi connectivity index (χ4v) is 8.48. The maximum atomic E-state index is 16.4. The normalized spacial score (nSPS) is 18.4. The van der Waals surface area contributed by atoms with Crippen LogP contribution in [0.15, 0.2) is 54.4 Å². The molecule has 0 N–H and O–H groups in total. The Morgan fingerprint density at radius 2 is 1.81 bits per heavy atom. The highest BCUT2D eigenvalue weighted by Crippen LogP contribution is 2.48. The van der Waals surface area contributed by atoms with E-state index in [1.807, 2.05) is 48.7 Å². The van der Waals surface area contributed by atoms with E-state index in [0.717, 1.165) is 34.6 Å². The maximum absolute atomic E-state index is 16.4. The third-order valence-electron chi connectivity index (χ3n) is 10.3. The number of pyridine rings is 1. The van der Waals surface area contributed by atoms with Crippen LogP contribution in [0.4, 0.5) is 13.2 Å². The molecule has 2 aliphatic heterocycles. The lowest BCUT2D eigenvalue weighted by atomic mass is 9.90. The third-order valence-corrected chi connectivity index (χ3v) is 11.3. The summed E-state index contributed by atoms with van der Waals surface area (Å²) < 4.78 is 60.7. The molecule has 0 fully saturated rings. The second kappa shape index (κ2) is 14.6. The number of likely N-dealkylation sites (N-methyl/N-ethyl adjacent to an activating group) is 2. The number of fused-ring (bicyclic) bond motifs is 3. The fraction of sp³-hybridized carbons (Fsp3) is 0.350. The lowest BCUT2D eigenvalue weighted by Crippen LogP contribution is -2.48. The van der Waals surface area contributed by atoms with E-state index in [1.54, 1.807) is 30.0 Å². The van der Waals surface area contributed by atoms with Gasteiger partial charge in [-0.25, -0.2) is 18.2 Å². The van der Waals surface area contributed by atoms with Gasteiger partial charge in [0.1, 0.15) is 41.2 Å². The molecule has 5 heterocycles. The van der Waals surface area contributed by atoms with Gasteiger partial charge in [-0.2, -0.15) is 5.10 Å². The van der Waals surface area contributed by atoms with Crippen molar-refractivity contribution in [3.05, 3.63) is 88.7 Å². The predicted molar refractivity (Wildman–Crippen MR) is 202 cm³/mol. The molecule has 0 spiro atoms. The molecule has 2 aromatic carbocycles. The quantitative estimate of drug-likeness (QED) is 0.118. The van der Waals surface area contributed by atoms with Gasteiger partial charge in [0, 0.05) is 68.3 Å². The van der Waals surface area contributed by atoms with Crippen molar-refractivity contribution in [2.75, 3.05) is 48.0 Å². The molecule has 0 saturated carbocycles. The lowest BCUT2D eigenvalue weighted by Gasteiger charge is -2.36. The Morgan fingerprint density at radius 3 is 2.54 bits per heavy atom. The summed E-state index contributed by atoms with van der Waals surface area (Å²) in [4.78, 5) is 36.3. The molecule has 0 unspecified atom stereocenters. The Labute approximate surface area is 315 Å². The van der Waals surface area contributed by atoms with Crippen LogP contribution >= 0.6 is 11.3 Å². The van der Waals surface area contributed by atoms with Crippen LogP contribution in [-0.4, -0.2) is 95.3 Å². The number of hydrogen-bond acceptors (Lipinski definition) is 8. The zero-order valence-corrected chi connectivity index (χ0v) is 31.8. The van der Waals surface area contributed by atoms with E-state index in [2.05, 4.69) is 6.58 Å². The highest BCUT2D eigenvalue weighted by molar-refractivity contribution is 7.17. The molecule has 10 nitrogen and oxygen atoms in total. The van der Waals surface area contributed by atoms with Crippen molar-refractivity contribution in [1.29, 1.82) is 0 Å². The summed E-state index contributed by atoms with van der Waals surface area (Å²) in [5.41, 5.74) is 4.25. The average Bonchev–Trinajstić information content (AvgIpc) is 3.77. The number of benzene rings is 2. The monoisotopic (exact) mass is 758 g/mol. The molecular weight excluding hydrogens is 718 g/mol. The largest absolute Gasteiger partial charge is 0.490 e. The minimum atomic E-state index is -0.961. The summed E-state index contributed by atoms with van der Waals surface area (Å²) in [6.45, 7) is 8.48. The first-order valence-electron chi connectivity index (χ1n) is 17.6. The SMILES string of the molecule is C=CC(=O)N1C[C@H](C)n2nc(-c3nc(-c4ccc5c(c4)CN(C)[C@@H](C(=O)N(C)C)C5)c4scc(F)c4c3-c3c(F)cc(F)cc3OCCOC)cc2[C@H]1C. The van der Waals surface area contributed by atoms with Crippen molar-refractivity contribution in [2.24, 2.45) is 0 Å². The van der Waals surface area contributed by atoms with Gasteiger partial charge in [-0.05, 0) is 56.7 Å². The average molecular weight is 759 g/mol. The van der Waals surface area contributed by atoms with Gasteiger partial charge in [-0.3, -0.25) is 19.2 Å². The van der Waals surface area contributed by atoms with Crippen LogP contribution in [0.5, 0.6) is 5.75 Å². The van der Waals surface area contributed by atoms with Crippen molar-refractivity contribution in [3.8, 4) is 39.5 Å². The summed E-state index contributed by atoms with van der Waals surface area (Å²) in [5, 5.41) is 6.39. The molecule has 0 radical (unpaired) electrons. The van der Waals surface area contributed by atoms with E-state index < -0.39 is 23.5 Å². The molecule has 3 atom stereocenters. The predicted octanol–water partition coefficient (Wildman–Crippen LogP) is 7.03. The van der Waals surface area contributed by atoms with E-state index in [4.69, 9.17) is 19.6 Å². The first-order chi connectivity index (χ1) is 25.8. The molecule has 2 amide bonds. The smallest absolute Gasteiger partial charge is 0.246 e. The number of carbonyl (C=O) groups is 2. The first kappa shape index (κ1) is 37.3. The van der Waals surface area contributed by atoms with Crippen LogP contribution in [0.3, 0.4) is 0 Å². The van der Waals surface area contributed by atoms with Crippen molar-refractivity contribution in [1.82, 2.24) is 29.5 Å². The van der Waals surface area contributed by atoms with E-state index in [9.17, 15) is 14.0 Å². The summed E-state index contributed by atoms with van der Waals surface area (Å²) in [6, 6.07) is 8.53. The number of halogens is 3. The Hall–Kier alpha value is -5.05. The van der Waals surface area contributed by atoms with Gasteiger partial charge in [0.15, 0.2) is 0 Å². The lowest BCUT2D eigenvalue weighted by molar-refractivity contribution is -0.134. The van der Waals surface area contributed by atoms with Gasteiger partial charge in [0.25, 0.3) is 0 Å². The zero-order chi connectivity index (χ0) is 38.6. The van der Waals surface area contributed by atoms with Crippen LogP contribution in [0.25, 0.3) is 43.9 Å². The number of methoxy groups -OCH3 is 1. The second-order valence-electron chi connectivity index (χ2n) is 14.0. The van der Waals surface area contributed by atoms with E-state index >= 15 is 8.78 Å². The topological polar surface area (TPSA) is 93.0 Å². The van der Waals surface area contributed by atoms with Crippen LogP contribution in [0.1, 0.15) is 42.8 Å². The number of nitrogens with zero attached hydrogens (tertiary/aromatic N) is 6. The highest BCUT2D eigenvalue weighted by Gasteiger charge is 2.35. The Morgan fingerprint density at radius 1 is 1.04 bits per heavy atom. The molecule has 282 valence electrons. The van der Waals surface area contributed by atoms with Gasteiger partial charge in [-0.1, -0.05) is 18.7 Å². The van der Waals surface area contributed by atoms with E-state index in [-0.39, 0.29) is 65.1 Å². The van der Waals surface area contributed by atoms with Gasteiger partial charge in [0.05, 0.1) is 46.4 Å². The molecule has 3 aromatic heterocycles. The summed E-state index contributed by atoms with van der Waals surface area (Å²) in [5.74, 6) is -2.79. The molecule has 54 heavy (non-hydrogen) atoms. The maximum Gasteiger partial charge on any atom is 0.246 e. The third kappa shape index (κ3) is 6.45. The van der Waals surface area contributed by atoms with Crippen molar-refractivity contribution >= 4 is 33.2 Å². The first-order valence-corrected chi connectivity index (χ1v) is 18.5. The van der Waals surface area contributed by atoms with Crippen LogP contribution in [-0.2, 0) is 27.3 Å². The van der Waals surface area contributed by atoms with Crippen LogP contribution in [0, 0.1) is 17.5 Å². The van der Waals surface area contributed by atoms with Gasteiger partial charge in [-0.15, -0.1) is 11.3 Å². The molecule has 2 aliphatic rings. The molecular formula is C40H41F3N6O4S. The molecule has 5 aromatic rings. The van der Waals surface area contributed by atoms with Gasteiger partial charge in [0.2, 0.25) is 11.8 Å². The highest BCUT2D eigenvalue weighted by atomic mass is 32.1. The van der Waals surface area contributed by atoms with Crippen LogP contribution < -0.4 is 4.74 Å². The molecule has 0 aliphatic carbocycles. The number of hydrogen-bond donors (Lipinski definition) is 0.